The number of rotatable bonds is 6. The van der Waals surface area contributed by atoms with Gasteiger partial charge in [-0.15, -0.1) is 0 Å². The maximum absolute atomic E-state index is 2.60. The van der Waals surface area contributed by atoms with Gasteiger partial charge in [0.05, 0.1) is 0 Å². The van der Waals surface area contributed by atoms with E-state index in [1.807, 2.05) is 0 Å². The van der Waals surface area contributed by atoms with Crippen LogP contribution in [0.5, 0.6) is 0 Å². The van der Waals surface area contributed by atoms with Crippen molar-refractivity contribution in [1.29, 1.82) is 0 Å². The van der Waals surface area contributed by atoms with Crippen molar-refractivity contribution in [2.75, 3.05) is 19.6 Å². The van der Waals surface area contributed by atoms with E-state index >= 15 is 0 Å². The van der Waals surface area contributed by atoms with Crippen LogP contribution < -0.4 is 4.90 Å². The lowest BCUT2D eigenvalue weighted by Crippen LogP contribution is -2.39. The molecule has 0 bridgehead atoms. The van der Waals surface area contributed by atoms with Gasteiger partial charge >= 0.3 is 0 Å². The highest BCUT2D eigenvalue weighted by atomic mass is 15.1. The van der Waals surface area contributed by atoms with Gasteiger partial charge in [0.2, 0.25) is 0 Å². The molecule has 0 unspecified atom stereocenters. The molecule has 0 rings (SSSR count). The molecule has 0 spiro atoms. The molecule has 0 fully saturated rings. The second-order valence-corrected chi connectivity index (χ2v) is 5.40. The molecule has 0 aromatic rings. The highest BCUT2D eigenvalue weighted by molar-refractivity contribution is 4.69. The van der Waals surface area contributed by atoms with Crippen LogP contribution in [0, 0.1) is 17.8 Å². The molecular weight excluding hydrogens is 158 g/mol. The normalized spacial score (nSPS) is 12.5. The summed E-state index contributed by atoms with van der Waals surface area (Å²) in [6.45, 7) is 17.5. The molecule has 0 atom stereocenters. The van der Waals surface area contributed by atoms with Crippen molar-refractivity contribution in [3.05, 3.63) is 0 Å². The van der Waals surface area contributed by atoms with Gasteiger partial charge < -0.3 is 0 Å². The van der Waals surface area contributed by atoms with Crippen LogP contribution in [0.3, 0.4) is 0 Å². The van der Waals surface area contributed by atoms with E-state index in [0.717, 1.165) is 17.8 Å². The fourth-order valence-corrected chi connectivity index (χ4v) is 1.77. The SMILES string of the molecule is CC(C)C[N+](CC(C)C)CC(C)C. The highest BCUT2D eigenvalue weighted by Gasteiger charge is 2.19. The lowest BCUT2D eigenvalue weighted by molar-refractivity contribution is 0.302. The summed E-state index contributed by atoms with van der Waals surface area (Å²) in [4.78, 5) is 2.60. The Morgan fingerprint density at radius 1 is 0.615 bits per heavy atom. The lowest BCUT2D eigenvalue weighted by atomic mass is 10.1. The topological polar surface area (TPSA) is 5.90 Å². The van der Waals surface area contributed by atoms with Crippen molar-refractivity contribution < 1.29 is 0 Å². The fourth-order valence-electron chi connectivity index (χ4n) is 1.77. The maximum atomic E-state index is 2.60. The first-order valence-electron chi connectivity index (χ1n) is 5.64. The number of hydrogen-bond donors (Lipinski definition) is 0. The van der Waals surface area contributed by atoms with Gasteiger partial charge in [0, 0.05) is 17.8 Å². The molecule has 0 aromatic heterocycles. The molecule has 1 nitrogen and oxygen atoms in total. The summed E-state index contributed by atoms with van der Waals surface area (Å²) in [5.41, 5.74) is 0. The summed E-state index contributed by atoms with van der Waals surface area (Å²) in [6.07, 6.45) is 0. The summed E-state index contributed by atoms with van der Waals surface area (Å²) in [5, 5.41) is 0. The van der Waals surface area contributed by atoms with Crippen LogP contribution in [0.1, 0.15) is 41.5 Å². The fraction of sp³-hybridized carbons (Fsp3) is 1.00. The Morgan fingerprint density at radius 3 is 1.00 bits per heavy atom. The summed E-state index contributed by atoms with van der Waals surface area (Å²) in [6, 6.07) is 0. The molecule has 0 saturated heterocycles. The second-order valence-electron chi connectivity index (χ2n) is 5.40. The van der Waals surface area contributed by atoms with Gasteiger partial charge in [-0.25, -0.2) is 0 Å². The van der Waals surface area contributed by atoms with Crippen molar-refractivity contribution in [3.8, 4) is 0 Å². The molecule has 79 valence electrons. The molecular formula is C12H27N+. The van der Waals surface area contributed by atoms with Gasteiger partial charge in [0.1, 0.15) is 19.6 Å². The zero-order valence-corrected chi connectivity index (χ0v) is 10.3. The molecule has 0 aromatic carbocycles. The van der Waals surface area contributed by atoms with Gasteiger partial charge in [0.15, 0.2) is 0 Å². The van der Waals surface area contributed by atoms with Crippen molar-refractivity contribution in [2.45, 2.75) is 41.5 Å². The predicted octanol–water partition coefficient (Wildman–Crippen LogP) is 3.09. The maximum Gasteiger partial charge on any atom is 0.125 e. The van der Waals surface area contributed by atoms with E-state index in [2.05, 4.69) is 46.4 Å². The summed E-state index contributed by atoms with van der Waals surface area (Å²) in [5.74, 6) is 2.37. The smallest absolute Gasteiger partial charge is 0.125 e. The minimum Gasteiger partial charge on any atom is -0.169 e. The van der Waals surface area contributed by atoms with E-state index < -0.39 is 0 Å². The lowest BCUT2D eigenvalue weighted by Gasteiger charge is -2.18. The minimum atomic E-state index is 0.789. The number of hydrogen-bond acceptors (Lipinski definition) is 1. The van der Waals surface area contributed by atoms with Gasteiger partial charge in [-0.1, -0.05) is 41.5 Å². The number of nitrogens with zero attached hydrogens (tertiary/aromatic N) is 1. The highest BCUT2D eigenvalue weighted by Crippen LogP contribution is 2.04. The predicted molar refractivity (Wildman–Crippen MR) is 61.2 cm³/mol. The van der Waals surface area contributed by atoms with E-state index in [9.17, 15) is 0 Å². The molecule has 0 heterocycles. The van der Waals surface area contributed by atoms with Gasteiger partial charge in [-0.05, 0) is 0 Å². The van der Waals surface area contributed by atoms with Gasteiger partial charge in [-0.3, -0.25) is 0 Å². The average Bonchev–Trinajstić information content (AvgIpc) is 1.80. The molecule has 1 radical (unpaired) electrons. The molecule has 0 saturated carbocycles. The van der Waals surface area contributed by atoms with Crippen LogP contribution in [0.15, 0.2) is 0 Å². The average molecular weight is 185 g/mol. The van der Waals surface area contributed by atoms with Crippen LogP contribution in [0.2, 0.25) is 0 Å². The Balaban J connectivity index is 3.87. The van der Waals surface area contributed by atoms with Crippen LogP contribution in [-0.4, -0.2) is 19.6 Å². The van der Waals surface area contributed by atoms with E-state index in [4.69, 9.17) is 0 Å². The van der Waals surface area contributed by atoms with Crippen molar-refractivity contribution >= 4 is 0 Å². The van der Waals surface area contributed by atoms with Crippen LogP contribution in [-0.2, 0) is 0 Å². The molecule has 0 N–H and O–H groups in total. The second kappa shape index (κ2) is 6.42. The molecule has 0 aliphatic heterocycles. The summed E-state index contributed by atoms with van der Waals surface area (Å²) in [7, 11) is 0. The zero-order valence-electron chi connectivity index (χ0n) is 10.3. The largest absolute Gasteiger partial charge is 0.169 e. The summed E-state index contributed by atoms with van der Waals surface area (Å²) >= 11 is 0. The van der Waals surface area contributed by atoms with E-state index in [1.54, 1.807) is 0 Å². The zero-order chi connectivity index (χ0) is 10.4. The molecule has 0 amide bonds. The van der Waals surface area contributed by atoms with E-state index in [1.165, 1.54) is 19.6 Å². The van der Waals surface area contributed by atoms with Crippen LogP contribution >= 0.6 is 0 Å². The first-order valence-corrected chi connectivity index (χ1v) is 5.64. The molecule has 1 heteroatoms. The first-order chi connectivity index (χ1) is 5.91. The molecule has 0 aliphatic carbocycles. The summed E-state index contributed by atoms with van der Waals surface area (Å²) < 4.78 is 0. The molecule has 13 heavy (non-hydrogen) atoms. The van der Waals surface area contributed by atoms with Crippen molar-refractivity contribution in [3.63, 3.8) is 0 Å². The Bertz CT molecular complexity index is 92.5. The minimum absolute atomic E-state index is 0.789. The quantitative estimate of drug-likeness (QED) is 0.561. The van der Waals surface area contributed by atoms with Crippen LogP contribution in [0.25, 0.3) is 0 Å². The monoisotopic (exact) mass is 185 g/mol. The third-order valence-corrected chi connectivity index (χ3v) is 1.87. The van der Waals surface area contributed by atoms with E-state index in [0.29, 0.717) is 0 Å². The molecule has 0 aliphatic rings. The Morgan fingerprint density at radius 2 is 0.846 bits per heavy atom. The van der Waals surface area contributed by atoms with Crippen LogP contribution in [0.4, 0.5) is 0 Å². The van der Waals surface area contributed by atoms with Crippen molar-refractivity contribution in [1.82, 2.24) is 4.90 Å². The van der Waals surface area contributed by atoms with Gasteiger partial charge in [0.25, 0.3) is 0 Å². The standard InChI is InChI=1S/C12H27N/c1-10(2)7-13(8-11(3)4)9-12(5)6/h10-12H,7-9H2,1-6H3/q+1. The third-order valence-electron chi connectivity index (χ3n) is 1.87. The first kappa shape index (κ1) is 13.0. The van der Waals surface area contributed by atoms with E-state index in [-0.39, 0.29) is 0 Å². The Hall–Kier alpha value is -0.0400. The van der Waals surface area contributed by atoms with Crippen molar-refractivity contribution in [2.24, 2.45) is 17.8 Å². The van der Waals surface area contributed by atoms with Gasteiger partial charge in [-0.2, -0.15) is 4.90 Å². The Labute approximate surface area is 84.5 Å². The third kappa shape index (κ3) is 8.29. The Kier molecular flexibility index (Phi) is 6.40.